The molecule has 3 heteroatoms. The normalized spacial score (nSPS) is 11.3. The number of fused-ring (bicyclic) bond motifs is 10. The Morgan fingerprint density at radius 2 is 1.12 bits per heavy atom. The van der Waals surface area contributed by atoms with Crippen LogP contribution in [0, 0.1) is 6.08 Å². The van der Waals surface area contributed by atoms with E-state index in [-0.39, 0.29) is 24.8 Å². The molecule has 0 N–H and O–H groups in total. The zero-order valence-corrected chi connectivity index (χ0v) is 26.5. The van der Waals surface area contributed by atoms with Crippen LogP contribution in [0.3, 0.4) is 0 Å². The number of hydrogen-bond donors (Lipinski definition) is 0. The maximum Gasteiger partial charge on any atom is -0.0188 e. The van der Waals surface area contributed by atoms with Crippen LogP contribution in [0.25, 0.3) is 53.9 Å². The fraction of sp³-hybridized carbons (Fsp3) is 0.0811. The van der Waals surface area contributed by atoms with Crippen LogP contribution in [-0.2, 0) is 30.7 Å². The van der Waals surface area contributed by atoms with Gasteiger partial charge in [-0.05, 0) is 21.5 Å². The van der Waals surface area contributed by atoms with E-state index in [1.165, 1.54) is 68.2 Å². The fourth-order valence-electron chi connectivity index (χ4n) is 5.50. The minimum absolute atomic E-state index is 0. The fourth-order valence-corrected chi connectivity index (χ4v) is 5.50. The molecule has 8 rings (SSSR count). The standard InChI is InChI=1S/2C17H11.C3H6.2ClH.Zr/c2*1-2-6-15-12(4-1)8-10-14-11-9-13-5-3-7-16(13)17(14)15;1-3-2;;;/h1-4,6,8-11H,7H2;1-11H;1-2H3;2*1H;/q2*-1;;;;+2/p-2. The third-order valence-electron chi connectivity index (χ3n) is 7.10. The summed E-state index contributed by atoms with van der Waals surface area (Å²) in [5.41, 5.74) is 2.69. The maximum atomic E-state index is 3.33. The molecule has 0 unspecified atom stereocenters. The van der Waals surface area contributed by atoms with Crippen LogP contribution in [0.5, 0.6) is 0 Å². The van der Waals surface area contributed by atoms with Crippen molar-refractivity contribution in [3.8, 4) is 0 Å². The summed E-state index contributed by atoms with van der Waals surface area (Å²) in [6, 6.07) is 41.4. The third-order valence-corrected chi connectivity index (χ3v) is 7.10. The van der Waals surface area contributed by atoms with Gasteiger partial charge in [-0.1, -0.05) is 107 Å². The van der Waals surface area contributed by atoms with Crippen LogP contribution in [0.4, 0.5) is 0 Å². The molecule has 1 aliphatic carbocycles. The maximum absolute atomic E-state index is 3.33. The summed E-state index contributed by atoms with van der Waals surface area (Å²) >= 11 is 1.55. The first-order valence-corrected chi connectivity index (χ1v) is 14.3. The summed E-state index contributed by atoms with van der Waals surface area (Å²) in [5.74, 6) is 0. The Morgan fingerprint density at radius 1 is 0.625 bits per heavy atom. The van der Waals surface area contributed by atoms with Gasteiger partial charge in [0.05, 0.1) is 0 Å². The van der Waals surface area contributed by atoms with Crippen LogP contribution in [0.1, 0.15) is 25.0 Å². The van der Waals surface area contributed by atoms with E-state index in [1.807, 2.05) is 0 Å². The van der Waals surface area contributed by atoms with E-state index in [9.17, 15) is 0 Å². The van der Waals surface area contributed by atoms with E-state index in [0.717, 1.165) is 6.42 Å². The molecule has 0 aliphatic heterocycles. The van der Waals surface area contributed by atoms with Crippen LogP contribution in [-0.4, -0.2) is 3.21 Å². The van der Waals surface area contributed by atoms with Crippen molar-refractivity contribution in [1.29, 1.82) is 0 Å². The molecule has 0 spiro atoms. The summed E-state index contributed by atoms with van der Waals surface area (Å²) in [4.78, 5) is 0. The second kappa shape index (κ2) is 13.1. The smallest absolute Gasteiger partial charge is 0.0188 e. The second-order valence-corrected chi connectivity index (χ2v) is 12.5. The second-order valence-electron chi connectivity index (χ2n) is 10.0. The minimum atomic E-state index is 0. The Morgan fingerprint density at radius 3 is 1.77 bits per heavy atom. The topological polar surface area (TPSA) is 0 Å². The largest absolute Gasteiger partial charge is 1.00 e. The molecule has 7 aromatic carbocycles. The molecular weight excluding hydrogens is 607 g/mol. The molecular formula is C37H28Cl2Zr-2. The van der Waals surface area contributed by atoms with E-state index in [4.69, 9.17) is 0 Å². The van der Waals surface area contributed by atoms with Gasteiger partial charge in [-0.2, -0.15) is 35.9 Å². The zero-order chi connectivity index (χ0) is 26.1. The molecule has 7 aromatic rings. The molecule has 0 radical (unpaired) electrons. The first-order valence-electron chi connectivity index (χ1n) is 13.1. The van der Waals surface area contributed by atoms with E-state index in [1.54, 1.807) is 24.2 Å². The van der Waals surface area contributed by atoms with Gasteiger partial charge in [-0.15, -0.1) is 34.5 Å². The van der Waals surface area contributed by atoms with Gasteiger partial charge in [0.1, 0.15) is 0 Å². The SMILES string of the molecule is C[C](C)=[Zr+2].[C-]1=CCc2c1ccc1ccc3ccccc3c21.[Cl-].[Cl-].c1ccc2c(c1)ccc1ccc3cc[cH-]c3c12. The van der Waals surface area contributed by atoms with Crippen molar-refractivity contribution in [2.24, 2.45) is 0 Å². The van der Waals surface area contributed by atoms with Gasteiger partial charge >= 0.3 is 41.3 Å². The monoisotopic (exact) mass is 632 g/mol. The molecule has 1 aliphatic rings. The van der Waals surface area contributed by atoms with Gasteiger partial charge in [-0.3, -0.25) is 0 Å². The van der Waals surface area contributed by atoms with Gasteiger partial charge in [0.25, 0.3) is 0 Å². The Hall–Kier alpha value is -2.96. The molecule has 0 saturated heterocycles. The van der Waals surface area contributed by atoms with Gasteiger partial charge in [0.15, 0.2) is 0 Å². The quantitative estimate of drug-likeness (QED) is 0.176. The zero-order valence-electron chi connectivity index (χ0n) is 22.5. The van der Waals surface area contributed by atoms with E-state index in [0.29, 0.717) is 0 Å². The van der Waals surface area contributed by atoms with Crippen molar-refractivity contribution in [2.75, 3.05) is 0 Å². The molecule has 0 aromatic heterocycles. The molecule has 0 saturated carbocycles. The third kappa shape index (κ3) is 5.89. The van der Waals surface area contributed by atoms with Crippen molar-refractivity contribution in [3.05, 3.63) is 139 Å². The predicted octanol–water partition coefficient (Wildman–Crippen LogP) is 3.88. The molecule has 0 fully saturated rings. The van der Waals surface area contributed by atoms with Crippen LogP contribution in [0.2, 0.25) is 0 Å². The van der Waals surface area contributed by atoms with E-state index in [2.05, 4.69) is 141 Å². The van der Waals surface area contributed by atoms with Crippen molar-refractivity contribution >= 4 is 57.1 Å². The molecule has 0 atom stereocenters. The van der Waals surface area contributed by atoms with Crippen molar-refractivity contribution in [3.63, 3.8) is 0 Å². The molecule has 0 amide bonds. The average molecular weight is 635 g/mol. The number of hydrogen-bond acceptors (Lipinski definition) is 0. The summed E-state index contributed by atoms with van der Waals surface area (Å²) in [7, 11) is 0. The predicted molar refractivity (Wildman–Crippen MR) is 163 cm³/mol. The van der Waals surface area contributed by atoms with Crippen LogP contribution < -0.4 is 24.8 Å². The summed E-state index contributed by atoms with van der Waals surface area (Å²) in [5, 5.41) is 13.5. The van der Waals surface area contributed by atoms with Gasteiger partial charge in [0, 0.05) is 0 Å². The number of halogens is 2. The van der Waals surface area contributed by atoms with Gasteiger partial charge in [-0.25, -0.2) is 0 Å². The molecule has 40 heavy (non-hydrogen) atoms. The number of rotatable bonds is 0. The number of benzene rings is 6. The Labute approximate surface area is 263 Å². The van der Waals surface area contributed by atoms with Crippen molar-refractivity contribution in [2.45, 2.75) is 20.3 Å². The van der Waals surface area contributed by atoms with Crippen molar-refractivity contribution < 1.29 is 49.0 Å². The van der Waals surface area contributed by atoms with E-state index >= 15 is 0 Å². The first kappa shape index (κ1) is 30.0. The Kier molecular flexibility index (Phi) is 9.86. The Balaban J connectivity index is 0.000000157. The summed E-state index contributed by atoms with van der Waals surface area (Å²) in [6.45, 7) is 4.25. The summed E-state index contributed by atoms with van der Waals surface area (Å²) in [6.07, 6.45) is 6.48. The molecule has 196 valence electrons. The minimum Gasteiger partial charge on any atom is -1.00 e. The Bertz CT molecular complexity index is 1990. The van der Waals surface area contributed by atoms with Crippen LogP contribution >= 0.6 is 0 Å². The van der Waals surface area contributed by atoms with Crippen molar-refractivity contribution in [1.82, 2.24) is 0 Å². The first-order chi connectivity index (χ1) is 18.6. The van der Waals surface area contributed by atoms with Crippen LogP contribution in [0.15, 0.2) is 121 Å². The molecule has 0 nitrogen and oxygen atoms in total. The average Bonchev–Trinajstić information content (AvgIpc) is 3.62. The number of allylic oxidation sites excluding steroid dienone is 1. The van der Waals surface area contributed by atoms with E-state index < -0.39 is 0 Å². The molecule has 0 bridgehead atoms. The van der Waals surface area contributed by atoms with Gasteiger partial charge in [0.2, 0.25) is 0 Å². The molecule has 0 heterocycles. The van der Waals surface area contributed by atoms with Gasteiger partial charge < -0.3 is 24.8 Å². The summed E-state index contributed by atoms with van der Waals surface area (Å²) < 4.78 is 1.51.